The van der Waals surface area contributed by atoms with E-state index >= 15 is 0 Å². The van der Waals surface area contributed by atoms with Gasteiger partial charge in [0.25, 0.3) is 0 Å². The monoisotopic (exact) mass is 226 g/mol. The van der Waals surface area contributed by atoms with Crippen molar-refractivity contribution in [2.75, 3.05) is 6.61 Å². The minimum atomic E-state index is 0.164. The highest BCUT2D eigenvalue weighted by molar-refractivity contribution is 6.09. The summed E-state index contributed by atoms with van der Waals surface area (Å²) >= 11 is 0. The van der Waals surface area contributed by atoms with Crippen molar-refractivity contribution >= 4 is 11.8 Å². The van der Waals surface area contributed by atoms with Gasteiger partial charge in [0.05, 0.1) is 6.61 Å². The van der Waals surface area contributed by atoms with E-state index in [0.717, 1.165) is 16.9 Å². The van der Waals surface area contributed by atoms with Crippen LogP contribution in [0.2, 0.25) is 0 Å². The van der Waals surface area contributed by atoms with Crippen LogP contribution in [0.15, 0.2) is 48.1 Å². The zero-order valence-corrected chi connectivity index (χ0v) is 9.81. The number of rotatable bonds is 5. The quantitative estimate of drug-likeness (QED) is 0.571. The van der Waals surface area contributed by atoms with Gasteiger partial charge in [-0.1, -0.05) is 25.3 Å². The smallest absolute Gasteiger partial charge is 0.133 e. The Hall–Kier alpha value is -2.34. The Morgan fingerprint density at radius 3 is 2.59 bits per heavy atom. The van der Waals surface area contributed by atoms with Gasteiger partial charge in [-0.3, -0.25) is 0 Å². The van der Waals surface area contributed by atoms with E-state index < -0.39 is 0 Å². The molecule has 0 aromatic heterocycles. The molecule has 0 fully saturated rings. The number of ether oxygens (including phenoxy) is 1. The van der Waals surface area contributed by atoms with Crippen LogP contribution in [0.3, 0.4) is 0 Å². The molecule has 0 amide bonds. The van der Waals surface area contributed by atoms with Crippen molar-refractivity contribution in [3.05, 3.63) is 48.7 Å². The van der Waals surface area contributed by atoms with Crippen molar-refractivity contribution < 1.29 is 4.74 Å². The van der Waals surface area contributed by atoms with Crippen LogP contribution in [0.5, 0.6) is 5.75 Å². The minimum absolute atomic E-state index is 0.164. The van der Waals surface area contributed by atoms with E-state index in [9.17, 15) is 0 Å². The van der Waals surface area contributed by atoms with Crippen LogP contribution in [0.1, 0.15) is 12.5 Å². The Balaban J connectivity index is 2.74. The van der Waals surface area contributed by atoms with Gasteiger partial charge in [-0.15, -0.1) is 0 Å². The van der Waals surface area contributed by atoms with Gasteiger partial charge >= 0.3 is 0 Å². The van der Waals surface area contributed by atoms with Gasteiger partial charge in [0, 0.05) is 6.21 Å². The summed E-state index contributed by atoms with van der Waals surface area (Å²) in [6.45, 7) is 9.90. The highest BCUT2D eigenvalue weighted by Crippen LogP contribution is 2.16. The van der Waals surface area contributed by atoms with Crippen molar-refractivity contribution in [3.8, 4) is 11.8 Å². The average molecular weight is 226 g/mol. The molecule has 1 rings (SSSR count). The van der Waals surface area contributed by atoms with Gasteiger partial charge in [-0.05, 0) is 30.2 Å². The van der Waals surface area contributed by atoms with Crippen LogP contribution < -0.4 is 4.74 Å². The summed E-state index contributed by atoms with van der Waals surface area (Å²) in [5, 5.41) is 8.50. The summed E-state index contributed by atoms with van der Waals surface area (Å²) in [5.41, 5.74) is 1.82. The molecule has 0 heterocycles. The van der Waals surface area contributed by atoms with Crippen molar-refractivity contribution in [2.45, 2.75) is 6.92 Å². The van der Waals surface area contributed by atoms with Gasteiger partial charge in [0.2, 0.25) is 0 Å². The lowest BCUT2D eigenvalue weighted by Crippen LogP contribution is -1.91. The van der Waals surface area contributed by atoms with Crippen molar-refractivity contribution in [1.82, 2.24) is 0 Å². The van der Waals surface area contributed by atoms with Gasteiger partial charge in [0.15, 0.2) is 0 Å². The van der Waals surface area contributed by atoms with E-state index in [4.69, 9.17) is 10.00 Å². The summed E-state index contributed by atoms with van der Waals surface area (Å²) in [6, 6.07) is 9.38. The topological polar surface area (TPSA) is 45.4 Å². The molecular formula is C14H14N2O. The number of nitriles is 1. The second-order valence-corrected chi connectivity index (χ2v) is 3.30. The summed E-state index contributed by atoms with van der Waals surface area (Å²) in [6.07, 6.45) is 1.53. The third-order valence-corrected chi connectivity index (χ3v) is 2.04. The zero-order valence-electron chi connectivity index (χ0n) is 9.81. The van der Waals surface area contributed by atoms with E-state index in [1.54, 1.807) is 0 Å². The number of hydrogen-bond acceptors (Lipinski definition) is 3. The van der Waals surface area contributed by atoms with Crippen LogP contribution in [-0.2, 0) is 0 Å². The van der Waals surface area contributed by atoms with Crippen LogP contribution in [0, 0.1) is 11.3 Å². The zero-order chi connectivity index (χ0) is 12.7. The molecular weight excluding hydrogens is 212 g/mol. The Morgan fingerprint density at radius 1 is 1.41 bits per heavy atom. The standard InChI is InChI=1S/C14H14N2O/c1-4-17-14-7-5-13(6-8-14)11(2)10-16-12(3)9-15/h5-8,10H,2-4H2,1H3/b16-10+. The lowest BCUT2D eigenvalue weighted by Gasteiger charge is -2.04. The van der Waals surface area contributed by atoms with Crippen LogP contribution in [0.25, 0.3) is 5.57 Å². The second-order valence-electron chi connectivity index (χ2n) is 3.30. The predicted molar refractivity (Wildman–Crippen MR) is 69.9 cm³/mol. The van der Waals surface area contributed by atoms with Crippen molar-refractivity contribution in [1.29, 1.82) is 5.26 Å². The van der Waals surface area contributed by atoms with Gasteiger partial charge in [0.1, 0.15) is 17.5 Å². The van der Waals surface area contributed by atoms with Crippen molar-refractivity contribution in [3.63, 3.8) is 0 Å². The SMILES string of the molecule is C=C(C#N)/N=C/C(=C)c1ccc(OCC)cc1. The average Bonchev–Trinajstić information content (AvgIpc) is 2.36. The molecule has 0 spiro atoms. The fourth-order valence-corrected chi connectivity index (χ4v) is 1.19. The number of benzene rings is 1. The molecule has 1 aromatic rings. The van der Waals surface area contributed by atoms with Crippen LogP contribution in [-0.4, -0.2) is 12.8 Å². The summed E-state index contributed by atoms with van der Waals surface area (Å²) in [4.78, 5) is 3.87. The normalized spacial score (nSPS) is 9.88. The Kier molecular flexibility index (Phi) is 4.71. The van der Waals surface area contributed by atoms with Gasteiger partial charge in [-0.25, -0.2) is 4.99 Å². The third kappa shape index (κ3) is 3.96. The van der Waals surface area contributed by atoms with Crippen molar-refractivity contribution in [2.24, 2.45) is 4.99 Å². The molecule has 86 valence electrons. The molecule has 0 aliphatic heterocycles. The summed E-state index contributed by atoms with van der Waals surface area (Å²) < 4.78 is 5.34. The number of nitrogens with zero attached hydrogens (tertiary/aromatic N) is 2. The van der Waals surface area contributed by atoms with Crippen LogP contribution in [0.4, 0.5) is 0 Å². The molecule has 0 aliphatic rings. The lowest BCUT2D eigenvalue weighted by atomic mass is 10.1. The molecule has 17 heavy (non-hydrogen) atoms. The lowest BCUT2D eigenvalue weighted by molar-refractivity contribution is 0.340. The predicted octanol–water partition coefficient (Wildman–Crippen LogP) is 3.21. The number of aliphatic imine (C=N–C) groups is 1. The number of allylic oxidation sites excluding steroid dienone is 2. The first-order valence-corrected chi connectivity index (χ1v) is 5.22. The molecule has 0 aliphatic carbocycles. The number of hydrogen-bond donors (Lipinski definition) is 0. The maximum atomic E-state index is 8.50. The molecule has 0 atom stereocenters. The summed E-state index contributed by atoms with van der Waals surface area (Å²) in [5.74, 6) is 0.822. The van der Waals surface area contributed by atoms with Gasteiger partial charge in [-0.2, -0.15) is 5.26 Å². The van der Waals surface area contributed by atoms with Crippen LogP contribution >= 0.6 is 0 Å². The van der Waals surface area contributed by atoms with E-state index in [2.05, 4.69) is 18.2 Å². The molecule has 3 nitrogen and oxygen atoms in total. The molecule has 0 bridgehead atoms. The largest absolute Gasteiger partial charge is 0.494 e. The molecule has 0 saturated carbocycles. The van der Waals surface area contributed by atoms with E-state index in [1.807, 2.05) is 37.3 Å². The van der Waals surface area contributed by atoms with Gasteiger partial charge < -0.3 is 4.74 Å². The third-order valence-electron chi connectivity index (χ3n) is 2.04. The highest BCUT2D eigenvalue weighted by atomic mass is 16.5. The Bertz CT molecular complexity index is 478. The maximum Gasteiger partial charge on any atom is 0.133 e. The highest BCUT2D eigenvalue weighted by Gasteiger charge is 1.97. The molecule has 0 unspecified atom stereocenters. The summed E-state index contributed by atoms with van der Waals surface area (Å²) in [7, 11) is 0. The molecule has 1 aromatic carbocycles. The molecule has 0 saturated heterocycles. The Morgan fingerprint density at radius 2 is 2.06 bits per heavy atom. The van der Waals surface area contributed by atoms with E-state index in [1.165, 1.54) is 6.21 Å². The van der Waals surface area contributed by atoms with E-state index in [-0.39, 0.29) is 5.70 Å². The molecule has 3 heteroatoms. The maximum absolute atomic E-state index is 8.50. The molecule has 0 N–H and O–H groups in total. The molecule has 0 radical (unpaired) electrons. The Labute approximate surface area is 101 Å². The first kappa shape index (κ1) is 12.7. The fourth-order valence-electron chi connectivity index (χ4n) is 1.19. The minimum Gasteiger partial charge on any atom is -0.494 e. The second kappa shape index (κ2) is 6.29. The van der Waals surface area contributed by atoms with E-state index in [0.29, 0.717) is 6.61 Å². The first-order valence-electron chi connectivity index (χ1n) is 5.22. The first-order chi connectivity index (χ1) is 8.17. The fraction of sp³-hybridized carbons (Fsp3) is 0.143.